The van der Waals surface area contributed by atoms with Gasteiger partial charge in [0.05, 0.1) is 5.56 Å². The number of rotatable bonds is 5. The molecule has 4 rings (SSSR count). The van der Waals surface area contributed by atoms with Crippen molar-refractivity contribution in [2.75, 3.05) is 13.1 Å². The Hall–Kier alpha value is -3.48. The van der Waals surface area contributed by atoms with Gasteiger partial charge in [0, 0.05) is 38.2 Å². The quantitative estimate of drug-likeness (QED) is 0.728. The number of amides is 2. The number of imidazole rings is 1. The van der Waals surface area contributed by atoms with Crippen molar-refractivity contribution in [2.45, 2.75) is 25.9 Å². The molecule has 0 saturated heterocycles. The standard InChI is InChI=1S/C22H23N5O2/c1-2-10-24-21(28)18-15-26-12-13-27(22(29)17-9-6-11-23-14-17)19(20(26)25-18)16-7-4-3-5-8-16/h3-9,11,14-15,19H,2,10,12-13H2,1H3,(H,24,28). The lowest BCUT2D eigenvalue weighted by atomic mass is 10.0. The van der Waals surface area contributed by atoms with Crippen LogP contribution in [0.15, 0.2) is 61.1 Å². The van der Waals surface area contributed by atoms with Crippen LogP contribution in [-0.2, 0) is 6.54 Å². The Balaban J connectivity index is 1.73. The summed E-state index contributed by atoms with van der Waals surface area (Å²) in [7, 11) is 0. The van der Waals surface area contributed by atoms with Gasteiger partial charge in [0.25, 0.3) is 11.8 Å². The molecule has 1 aromatic carbocycles. The largest absolute Gasteiger partial charge is 0.351 e. The fourth-order valence-corrected chi connectivity index (χ4v) is 3.59. The van der Waals surface area contributed by atoms with Crippen molar-refractivity contribution in [3.8, 4) is 0 Å². The van der Waals surface area contributed by atoms with E-state index in [1.807, 2.05) is 46.7 Å². The summed E-state index contributed by atoms with van der Waals surface area (Å²) in [6.45, 7) is 3.71. The predicted octanol–water partition coefficient (Wildman–Crippen LogP) is 2.66. The summed E-state index contributed by atoms with van der Waals surface area (Å²) in [4.78, 5) is 36.2. The molecule has 148 valence electrons. The molecule has 0 spiro atoms. The van der Waals surface area contributed by atoms with E-state index < -0.39 is 0 Å². The molecule has 1 unspecified atom stereocenters. The highest BCUT2D eigenvalue weighted by molar-refractivity contribution is 5.95. The lowest BCUT2D eigenvalue weighted by Crippen LogP contribution is -2.42. The zero-order valence-electron chi connectivity index (χ0n) is 16.3. The predicted molar refractivity (Wildman–Crippen MR) is 108 cm³/mol. The van der Waals surface area contributed by atoms with Crippen molar-refractivity contribution in [2.24, 2.45) is 0 Å². The first-order valence-electron chi connectivity index (χ1n) is 9.80. The molecule has 2 aromatic heterocycles. The third-order valence-corrected chi connectivity index (χ3v) is 5.00. The minimum atomic E-state index is -0.370. The molecule has 1 N–H and O–H groups in total. The summed E-state index contributed by atoms with van der Waals surface area (Å²) < 4.78 is 1.98. The highest BCUT2D eigenvalue weighted by Crippen LogP contribution is 2.32. The van der Waals surface area contributed by atoms with E-state index in [-0.39, 0.29) is 17.9 Å². The van der Waals surface area contributed by atoms with Crippen LogP contribution in [0.25, 0.3) is 0 Å². The molecule has 0 saturated carbocycles. The summed E-state index contributed by atoms with van der Waals surface area (Å²) in [6, 6.07) is 12.9. The van der Waals surface area contributed by atoms with Crippen LogP contribution in [0.1, 0.15) is 51.6 Å². The maximum atomic E-state index is 13.2. The molecule has 0 aliphatic carbocycles. The Kier molecular flexibility index (Phi) is 5.37. The van der Waals surface area contributed by atoms with E-state index in [2.05, 4.69) is 15.3 Å². The van der Waals surface area contributed by atoms with Crippen LogP contribution in [0.4, 0.5) is 0 Å². The second-order valence-electron chi connectivity index (χ2n) is 6.99. The van der Waals surface area contributed by atoms with Crippen molar-refractivity contribution in [1.29, 1.82) is 0 Å². The van der Waals surface area contributed by atoms with Gasteiger partial charge in [0.15, 0.2) is 0 Å². The van der Waals surface area contributed by atoms with Gasteiger partial charge in [-0.05, 0) is 24.1 Å². The summed E-state index contributed by atoms with van der Waals surface area (Å²) in [5.74, 6) is 0.408. The van der Waals surface area contributed by atoms with Gasteiger partial charge in [-0.3, -0.25) is 14.6 Å². The van der Waals surface area contributed by atoms with E-state index in [1.54, 1.807) is 30.7 Å². The first-order chi connectivity index (χ1) is 14.2. The number of hydrogen-bond acceptors (Lipinski definition) is 4. The van der Waals surface area contributed by atoms with Crippen LogP contribution < -0.4 is 5.32 Å². The molecule has 1 aliphatic rings. The normalized spacial score (nSPS) is 15.6. The zero-order valence-corrected chi connectivity index (χ0v) is 16.3. The molecule has 7 nitrogen and oxygen atoms in total. The number of benzene rings is 1. The van der Waals surface area contributed by atoms with Gasteiger partial charge < -0.3 is 14.8 Å². The molecule has 1 aliphatic heterocycles. The monoisotopic (exact) mass is 389 g/mol. The Bertz CT molecular complexity index is 1000. The summed E-state index contributed by atoms with van der Waals surface area (Å²) in [5, 5.41) is 2.87. The van der Waals surface area contributed by atoms with Gasteiger partial charge in [-0.15, -0.1) is 0 Å². The lowest BCUT2D eigenvalue weighted by Gasteiger charge is -2.36. The van der Waals surface area contributed by atoms with E-state index in [0.29, 0.717) is 36.7 Å². The van der Waals surface area contributed by atoms with Gasteiger partial charge in [0.1, 0.15) is 17.6 Å². The second-order valence-corrected chi connectivity index (χ2v) is 6.99. The van der Waals surface area contributed by atoms with Crippen LogP contribution in [-0.4, -0.2) is 44.3 Å². The van der Waals surface area contributed by atoms with Crippen molar-refractivity contribution < 1.29 is 9.59 Å². The number of carbonyl (C=O) groups excluding carboxylic acids is 2. The summed E-state index contributed by atoms with van der Waals surface area (Å²) in [5.41, 5.74) is 1.87. The van der Waals surface area contributed by atoms with Crippen LogP contribution in [0.5, 0.6) is 0 Å². The Morgan fingerprint density at radius 1 is 1.14 bits per heavy atom. The number of carbonyl (C=O) groups is 2. The first kappa shape index (κ1) is 18.9. The molecule has 3 heterocycles. The number of hydrogen-bond donors (Lipinski definition) is 1. The van der Waals surface area contributed by atoms with Crippen LogP contribution in [0.2, 0.25) is 0 Å². The molecule has 7 heteroatoms. The Labute approximate surface area is 169 Å². The fourth-order valence-electron chi connectivity index (χ4n) is 3.59. The van der Waals surface area contributed by atoms with Gasteiger partial charge >= 0.3 is 0 Å². The van der Waals surface area contributed by atoms with Gasteiger partial charge in [-0.25, -0.2) is 4.98 Å². The van der Waals surface area contributed by atoms with Crippen LogP contribution >= 0.6 is 0 Å². The molecule has 0 fully saturated rings. The lowest BCUT2D eigenvalue weighted by molar-refractivity contribution is 0.0658. The Morgan fingerprint density at radius 3 is 2.69 bits per heavy atom. The van der Waals surface area contributed by atoms with E-state index in [9.17, 15) is 9.59 Å². The Morgan fingerprint density at radius 2 is 1.97 bits per heavy atom. The van der Waals surface area contributed by atoms with E-state index >= 15 is 0 Å². The van der Waals surface area contributed by atoms with Crippen molar-refractivity contribution in [3.63, 3.8) is 0 Å². The molecule has 0 radical (unpaired) electrons. The average Bonchev–Trinajstić information content (AvgIpc) is 3.22. The second kappa shape index (κ2) is 8.26. The van der Waals surface area contributed by atoms with Gasteiger partial charge in [-0.1, -0.05) is 37.3 Å². The van der Waals surface area contributed by atoms with Gasteiger partial charge in [-0.2, -0.15) is 0 Å². The highest BCUT2D eigenvalue weighted by Gasteiger charge is 2.35. The minimum Gasteiger partial charge on any atom is -0.351 e. The van der Waals surface area contributed by atoms with Crippen molar-refractivity contribution in [3.05, 3.63) is 83.7 Å². The molecule has 29 heavy (non-hydrogen) atoms. The number of nitrogens with zero attached hydrogens (tertiary/aromatic N) is 4. The number of nitrogens with one attached hydrogen (secondary N) is 1. The maximum Gasteiger partial charge on any atom is 0.271 e. The van der Waals surface area contributed by atoms with Crippen molar-refractivity contribution >= 4 is 11.8 Å². The zero-order chi connectivity index (χ0) is 20.2. The third kappa shape index (κ3) is 3.76. The number of aromatic nitrogens is 3. The molecular formula is C22H23N5O2. The van der Waals surface area contributed by atoms with E-state index in [1.165, 1.54) is 0 Å². The molecule has 3 aromatic rings. The summed E-state index contributed by atoms with van der Waals surface area (Å²) in [6.07, 6.45) is 5.87. The highest BCUT2D eigenvalue weighted by atomic mass is 16.2. The number of fused-ring (bicyclic) bond motifs is 1. The first-order valence-corrected chi connectivity index (χ1v) is 9.80. The maximum absolute atomic E-state index is 13.2. The van der Waals surface area contributed by atoms with Crippen molar-refractivity contribution in [1.82, 2.24) is 24.8 Å². The van der Waals surface area contributed by atoms with Crippen LogP contribution in [0, 0.1) is 0 Å². The molecule has 2 amide bonds. The minimum absolute atomic E-state index is 0.0989. The third-order valence-electron chi connectivity index (χ3n) is 5.00. The smallest absolute Gasteiger partial charge is 0.271 e. The summed E-state index contributed by atoms with van der Waals surface area (Å²) >= 11 is 0. The van der Waals surface area contributed by atoms with E-state index in [4.69, 9.17) is 0 Å². The van der Waals surface area contributed by atoms with E-state index in [0.717, 1.165) is 12.0 Å². The average molecular weight is 389 g/mol. The SMILES string of the molecule is CCCNC(=O)c1cn2c(n1)C(c1ccccc1)N(C(=O)c1cccnc1)CC2. The molecule has 0 bridgehead atoms. The molecular weight excluding hydrogens is 366 g/mol. The van der Waals surface area contributed by atoms with Crippen LogP contribution in [0.3, 0.4) is 0 Å². The number of pyridine rings is 1. The fraction of sp³-hybridized carbons (Fsp3) is 0.273. The van der Waals surface area contributed by atoms with Gasteiger partial charge in [0.2, 0.25) is 0 Å². The molecule has 1 atom stereocenters. The topological polar surface area (TPSA) is 80.1 Å².